The summed E-state index contributed by atoms with van der Waals surface area (Å²) in [5, 5.41) is 24.3. The maximum Gasteiger partial charge on any atom is 0.346 e. The zero-order chi connectivity index (χ0) is 26.1. The first kappa shape index (κ1) is 25.7. The molecule has 0 aliphatic carbocycles. The van der Waals surface area contributed by atoms with Crippen LogP contribution in [0.5, 0.6) is 0 Å². The monoisotopic (exact) mass is 490 g/mol. The van der Waals surface area contributed by atoms with Crippen molar-refractivity contribution in [1.29, 1.82) is 0 Å². The number of guanidine groups is 1. The van der Waals surface area contributed by atoms with Crippen LogP contribution in [0.15, 0.2) is 72.8 Å². The lowest BCUT2D eigenvalue weighted by molar-refractivity contribution is -0.308. The van der Waals surface area contributed by atoms with Gasteiger partial charge >= 0.3 is 11.9 Å². The maximum atomic E-state index is 13.1. The van der Waals surface area contributed by atoms with Crippen LogP contribution in [0.2, 0.25) is 0 Å². The highest BCUT2D eigenvalue weighted by Crippen LogP contribution is 2.08. The van der Waals surface area contributed by atoms with Crippen LogP contribution in [-0.2, 0) is 22.4 Å². The molecule has 3 rings (SSSR count). The Balaban J connectivity index is 1.77. The molecule has 0 fully saturated rings. The Hall–Kier alpha value is -4.93. The van der Waals surface area contributed by atoms with Crippen LogP contribution in [0, 0.1) is 0 Å². The molecule has 0 radical (unpaired) electrons. The molecule has 1 heterocycles. The summed E-state index contributed by atoms with van der Waals surface area (Å²) >= 11 is 0. The van der Waals surface area contributed by atoms with E-state index in [9.17, 15) is 24.3 Å². The molecule has 1 aromatic heterocycles. The fourth-order valence-corrected chi connectivity index (χ4v) is 3.47. The quantitative estimate of drug-likeness (QED) is 0.136. The zero-order valence-electron chi connectivity index (χ0n) is 19.2. The van der Waals surface area contributed by atoms with Crippen molar-refractivity contribution >= 4 is 29.7 Å². The number of amides is 3. The van der Waals surface area contributed by atoms with E-state index in [4.69, 9.17) is 11.1 Å². The molecule has 11 heteroatoms. The van der Waals surface area contributed by atoms with Crippen LogP contribution in [0.3, 0.4) is 0 Å². The van der Waals surface area contributed by atoms with Crippen molar-refractivity contribution in [2.75, 3.05) is 0 Å². The molecule has 0 spiro atoms. The van der Waals surface area contributed by atoms with Crippen LogP contribution in [0.25, 0.3) is 0 Å². The van der Waals surface area contributed by atoms with Gasteiger partial charge in [-0.25, -0.2) is 10.1 Å². The van der Waals surface area contributed by atoms with Gasteiger partial charge in [0.15, 0.2) is 0 Å². The molecule has 0 aliphatic rings. The fraction of sp³-hybridized carbons (Fsp3) is 0.160. The number of aliphatic carboxylic acids is 1. The molecule has 0 aliphatic heterocycles. The smallest absolute Gasteiger partial charge is 0.346 e. The van der Waals surface area contributed by atoms with Crippen LogP contribution in [0.4, 0.5) is 0 Å². The number of benzene rings is 2. The number of carbonyl (C=O) groups is 4. The second kappa shape index (κ2) is 12.0. The predicted molar refractivity (Wildman–Crippen MR) is 128 cm³/mol. The van der Waals surface area contributed by atoms with Gasteiger partial charge in [0.2, 0.25) is 5.91 Å². The largest absolute Gasteiger partial charge is 0.548 e. The molecule has 0 bridgehead atoms. The normalized spacial score (nSPS) is 12.1. The molecule has 0 saturated heterocycles. The summed E-state index contributed by atoms with van der Waals surface area (Å²) in [7, 11) is 0. The predicted octanol–water partition coefficient (Wildman–Crippen LogP) is -2.36. The average molecular weight is 491 g/mol. The van der Waals surface area contributed by atoms with Gasteiger partial charge in [-0.2, -0.15) is 0 Å². The van der Waals surface area contributed by atoms with Gasteiger partial charge in [-0.1, -0.05) is 60.7 Å². The minimum atomic E-state index is -1.45. The van der Waals surface area contributed by atoms with Gasteiger partial charge in [-0.15, -0.1) is 0 Å². The van der Waals surface area contributed by atoms with Crippen molar-refractivity contribution in [3.05, 3.63) is 95.3 Å². The van der Waals surface area contributed by atoms with Crippen LogP contribution in [0.1, 0.15) is 32.1 Å². The molecule has 3 aromatic rings. The lowest BCUT2D eigenvalue weighted by Crippen LogP contribution is -2.56. The van der Waals surface area contributed by atoms with Gasteiger partial charge in [0.1, 0.15) is 17.4 Å². The molecule has 36 heavy (non-hydrogen) atoms. The summed E-state index contributed by atoms with van der Waals surface area (Å²) in [5.74, 6) is -3.79. The summed E-state index contributed by atoms with van der Waals surface area (Å²) in [6, 6.07) is 18.0. The summed E-state index contributed by atoms with van der Waals surface area (Å²) in [5.41, 5.74) is 6.73. The second-order valence-corrected chi connectivity index (χ2v) is 7.98. The highest BCUT2D eigenvalue weighted by molar-refractivity contribution is 6.04. The number of aromatic nitrogens is 1. The standard InChI is InChI=1S/C25H26N6O5/c26-25(27)31-22(33)18-12-11-17(28-18)21(32)29-19(13-15-7-3-1-4-8-15)23(34)30-20(24(35)36)14-16-9-5-2-6-10-16/h1-12,19-20,28H,13-14H2,(H,29,32)(H,30,34)(H,35,36)(H4,26,27,31,33)/t19-,20-/m0/s1. The van der Waals surface area contributed by atoms with E-state index in [1.54, 1.807) is 60.7 Å². The number of carbonyl (C=O) groups excluding carboxylic acids is 4. The third kappa shape index (κ3) is 7.29. The number of hydrogen-bond donors (Lipinski definition) is 6. The van der Waals surface area contributed by atoms with Crippen molar-refractivity contribution < 1.29 is 29.7 Å². The van der Waals surface area contributed by atoms with E-state index < -0.39 is 35.8 Å². The first-order valence-electron chi connectivity index (χ1n) is 11.0. The molecule has 2 aromatic carbocycles. The van der Waals surface area contributed by atoms with Crippen molar-refractivity contribution in [3.63, 3.8) is 0 Å². The summed E-state index contributed by atoms with van der Waals surface area (Å²) < 4.78 is 0. The molecular formula is C25H26N6O5. The Labute approximate surface area is 206 Å². The maximum absolute atomic E-state index is 13.1. The Morgan fingerprint density at radius 2 is 1.28 bits per heavy atom. The first-order chi connectivity index (χ1) is 17.2. The number of hydrogen-bond acceptors (Lipinski definition) is 5. The average Bonchev–Trinajstić information content (AvgIpc) is 3.35. The van der Waals surface area contributed by atoms with Gasteiger partial charge in [-0.05, 0) is 29.7 Å². The molecule has 0 unspecified atom stereocenters. The molecule has 3 amide bonds. The minimum absolute atomic E-state index is 0.00217. The molecule has 11 nitrogen and oxygen atoms in total. The van der Waals surface area contributed by atoms with Gasteiger partial charge < -0.3 is 25.5 Å². The summed E-state index contributed by atoms with van der Waals surface area (Å²) in [6.45, 7) is 0. The second-order valence-electron chi connectivity index (χ2n) is 7.98. The van der Waals surface area contributed by atoms with Gasteiger partial charge in [0, 0.05) is 6.42 Å². The van der Waals surface area contributed by atoms with E-state index in [0.717, 1.165) is 5.56 Å². The summed E-state index contributed by atoms with van der Waals surface area (Å²) in [4.78, 5) is 52.4. The van der Waals surface area contributed by atoms with Gasteiger partial charge in [-0.3, -0.25) is 20.7 Å². The van der Waals surface area contributed by atoms with Gasteiger partial charge in [0.05, 0.1) is 12.0 Å². The number of rotatable bonds is 10. The van der Waals surface area contributed by atoms with Crippen LogP contribution < -0.4 is 32.2 Å². The third-order valence-electron chi connectivity index (χ3n) is 5.22. The van der Waals surface area contributed by atoms with Crippen LogP contribution >= 0.6 is 0 Å². The molecule has 8 N–H and O–H groups in total. The van der Waals surface area contributed by atoms with Crippen molar-refractivity contribution in [2.24, 2.45) is 5.73 Å². The van der Waals surface area contributed by atoms with E-state index in [-0.39, 0.29) is 30.2 Å². The van der Waals surface area contributed by atoms with Gasteiger partial charge in [0.25, 0.3) is 5.91 Å². The summed E-state index contributed by atoms with van der Waals surface area (Å²) in [6.07, 6.45) is 0.105. The molecular weight excluding hydrogens is 464 g/mol. The Morgan fingerprint density at radius 3 is 1.78 bits per heavy atom. The number of H-pyrrole nitrogens is 1. The Bertz CT molecular complexity index is 1240. The zero-order valence-corrected chi connectivity index (χ0v) is 19.2. The number of carboxylic acids is 1. The SMILES string of the molecule is NC(=[NH2+])NC(=O)c1ccc(C(=O)N[C@@H](Cc2ccccc2)C(=O)N[C@@H](Cc2ccccc2)C(=O)[O-])[nH]1. The fourth-order valence-electron chi connectivity index (χ4n) is 3.47. The molecule has 186 valence electrons. The topological polar surface area (TPSA) is 195 Å². The number of aromatic amines is 1. The van der Waals surface area contributed by atoms with E-state index in [0.29, 0.717) is 5.56 Å². The van der Waals surface area contributed by atoms with E-state index in [1.807, 2.05) is 0 Å². The highest BCUT2D eigenvalue weighted by atomic mass is 16.4. The first-order valence-corrected chi connectivity index (χ1v) is 11.0. The molecule has 0 saturated carbocycles. The number of carboxylic acid groups (broad SMARTS) is 1. The van der Waals surface area contributed by atoms with E-state index in [2.05, 4.69) is 20.9 Å². The van der Waals surface area contributed by atoms with Crippen LogP contribution in [-0.4, -0.2) is 46.7 Å². The van der Waals surface area contributed by atoms with Crippen molar-refractivity contribution in [1.82, 2.24) is 20.9 Å². The number of nitrogens with one attached hydrogen (secondary N) is 4. The minimum Gasteiger partial charge on any atom is -0.548 e. The number of nitrogens with two attached hydrogens (primary N) is 2. The highest BCUT2D eigenvalue weighted by Gasteiger charge is 2.26. The van der Waals surface area contributed by atoms with Crippen molar-refractivity contribution in [3.8, 4) is 0 Å². The Kier molecular flexibility index (Phi) is 8.54. The van der Waals surface area contributed by atoms with Crippen molar-refractivity contribution in [2.45, 2.75) is 24.9 Å². The lowest BCUT2D eigenvalue weighted by Gasteiger charge is -2.24. The molecule has 2 atom stereocenters. The van der Waals surface area contributed by atoms with E-state index >= 15 is 0 Å². The lowest BCUT2D eigenvalue weighted by atomic mass is 10.0. The Morgan fingerprint density at radius 1 is 0.778 bits per heavy atom. The third-order valence-corrected chi connectivity index (χ3v) is 5.22. The van der Waals surface area contributed by atoms with E-state index in [1.165, 1.54) is 12.1 Å².